The van der Waals surface area contributed by atoms with E-state index in [4.69, 9.17) is 0 Å². The van der Waals surface area contributed by atoms with Crippen LogP contribution in [0, 0.1) is 6.92 Å². The fraction of sp³-hybridized carbons (Fsp3) is 0.0526. The highest BCUT2D eigenvalue weighted by atomic mass is 16.1. The van der Waals surface area contributed by atoms with Crippen LogP contribution in [0.5, 0.6) is 0 Å². The molecule has 0 fully saturated rings. The third-order valence-corrected chi connectivity index (χ3v) is 3.76. The molecule has 2 aromatic heterocycles. The average molecular weight is 314 g/mol. The first-order valence-electron chi connectivity index (χ1n) is 7.60. The predicted molar refractivity (Wildman–Crippen MR) is 94.0 cm³/mol. The summed E-state index contributed by atoms with van der Waals surface area (Å²) in [5.74, 6) is -0.183. The minimum absolute atomic E-state index is 0.183. The molecule has 0 saturated carbocycles. The van der Waals surface area contributed by atoms with Gasteiger partial charge < -0.3 is 5.32 Å². The lowest BCUT2D eigenvalue weighted by molar-refractivity contribution is 0.102. The molecule has 0 bridgehead atoms. The molecular weight excluding hydrogens is 300 g/mol. The van der Waals surface area contributed by atoms with E-state index in [9.17, 15) is 4.79 Å². The van der Waals surface area contributed by atoms with Crippen molar-refractivity contribution in [2.75, 3.05) is 5.32 Å². The second-order valence-corrected chi connectivity index (χ2v) is 5.56. The Morgan fingerprint density at radius 3 is 2.33 bits per heavy atom. The van der Waals surface area contributed by atoms with Gasteiger partial charge in [-0.2, -0.15) is 0 Å². The van der Waals surface area contributed by atoms with E-state index in [1.165, 1.54) is 0 Å². The summed E-state index contributed by atoms with van der Waals surface area (Å²) in [4.78, 5) is 25.7. The van der Waals surface area contributed by atoms with Crippen LogP contribution < -0.4 is 5.32 Å². The van der Waals surface area contributed by atoms with Gasteiger partial charge in [-0.05, 0) is 49.4 Å². The smallest absolute Gasteiger partial charge is 0.255 e. The molecule has 0 atom stereocenters. The van der Waals surface area contributed by atoms with E-state index in [-0.39, 0.29) is 5.91 Å². The number of carbonyl (C=O) groups excluding carboxylic acids is 1. The number of nitrogens with zero attached hydrogens (tertiary/aromatic N) is 3. The fourth-order valence-corrected chi connectivity index (χ4v) is 2.59. The first kappa shape index (κ1) is 14.3. The number of nitrogens with one attached hydrogen (secondary N) is 1. The quantitative estimate of drug-likeness (QED) is 0.572. The summed E-state index contributed by atoms with van der Waals surface area (Å²) in [5, 5.41) is 2.87. The third kappa shape index (κ3) is 2.67. The lowest BCUT2D eigenvalue weighted by Gasteiger charge is -2.07. The number of aryl methyl sites for hydroxylation is 1. The van der Waals surface area contributed by atoms with Gasteiger partial charge in [0.2, 0.25) is 0 Å². The molecule has 0 aliphatic heterocycles. The van der Waals surface area contributed by atoms with E-state index < -0.39 is 0 Å². The van der Waals surface area contributed by atoms with Gasteiger partial charge in [0.15, 0.2) is 0 Å². The summed E-state index contributed by atoms with van der Waals surface area (Å²) in [6.07, 6.45) is 1.67. The molecule has 1 N–H and O–H groups in total. The average Bonchev–Trinajstić information content (AvgIpc) is 2.59. The Morgan fingerprint density at radius 2 is 1.58 bits per heavy atom. The number of aromatic nitrogens is 3. The molecule has 116 valence electrons. The van der Waals surface area contributed by atoms with E-state index in [1.54, 1.807) is 24.4 Å². The van der Waals surface area contributed by atoms with Crippen molar-refractivity contribution in [2.24, 2.45) is 0 Å². The van der Waals surface area contributed by atoms with E-state index in [0.717, 1.165) is 27.9 Å². The normalized spacial score (nSPS) is 10.9. The Bertz CT molecular complexity index is 1080. The second-order valence-electron chi connectivity index (χ2n) is 5.56. The molecule has 2 aromatic carbocycles. The van der Waals surface area contributed by atoms with E-state index >= 15 is 0 Å². The summed E-state index contributed by atoms with van der Waals surface area (Å²) in [6.45, 7) is 1.88. The van der Waals surface area contributed by atoms with E-state index in [1.807, 2.05) is 43.3 Å². The highest BCUT2D eigenvalue weighted by molar-refractivity contribution is 6.06. The van der Waals surface area contributed by atoms with Crippen LogP contribution in [0.15, 0.2) is 60.8 Å². The summed E-state index contributed by atoms with van der Waals surface area (Å²) in [6, 6.07) is 16.6. The third-order valence-electron chi connectivity index (χ3n) is 3.76. The van der Waals surface area contributed by atoms with E-state index in [0.29, 0.717) is 11.1 Å². The molecule has 2 heterocycles. The van der Waals surface area contributed by atoms with Crippen molar-refractivity contribution in [1.29, 1.82) is 0 Å². The summed E-state index contributed by atoms with van der Waals surface area (Å²) in [5.41, 5.74) is 5.24. The Balaban J connectivity index is 1.71. The molecule has 24 heavy (non-hydrogen) atoms. The van der Waals surface area contributed by atoms with Crippen LogP contribution in [0.3, 0.4) is 0 Å². The number of hydrogen-bond donors (Lipinski definition) is 1. The number of anilines is 1. The number of fused-ring (bicyclic) bond motifs is 2. The van der Waals surface area contributed by atoms with Gasteiger partial charge >= 0.3 is 0 Å². The Labute approximate surface area is 138 Å². The second kappa shape index (κ2) is 5.70. The van der Waals surface area contributed by atoms with Crippen molar-refractivity contribution in [3.05, 3.63) is 72.1 Å². The standard InChI is InChI=1S/C19H14N4O/c1-12-10-14(8-9-20-12)21-19(24)13-6-7-17-18(11-13)23-16-5-3-2-4-15(16)22-17/h2-11H,1H3,(H,20,21,24). The lowest BCUT2D eigenvalue weighted by Crippen LogP contribution is -2.12. The number of para-hydroxylation sites is 2. The maximum atomic E-state index is 12.5. The molecule has 0 spiro atoms. The van der Waals surface area contributed by atoms with Crippen molar-refractivity contribution in [3.63, 3.8) is 0 Å². The summed E-state index contributed by atoms with van der Waals surface area (Å²) < 4.78 is 0. The van der Waals surface area contributed by atoms with Crippen LogP contribution in [-0.2, 0) is 0 Å². The van der Waals surface area contributed by atoms with Gasteiger partial charge in [0.05, 0.1) is 22.1 Å². The number of pyridine rings is 1. The molecule has 0 aliphatic carbocycles. The van der Waals surface area contributed by atoms with Gasteiger partial charge in [-0.25, -0.2) is 9.97 Å². The van der Waals surface area contributed by atoms with Crippen LogP contribution in [-0.4, -0.2) is 20.9 Å². The van der Waals surface area contributed by atoms with Gasteiger partial charge in [-0.3, -0.25) is 9.78 Å². The summed E-state index contributed by atoms with van der Waals surface area (Å²) in [7, 11) is 0. The molecule has 4 aromatic rings. The summed E-state index contributed by atoms with van der Waals surface area (Å²) >= 11 is 0. The van der Waals surface area contributed by atoms with Crippen molar-refractivity contribution >= 4 is 33.7 Å². The Morgan fingerprint density at radius 1 is 0.875 bits per heavy atom. The Hall–Kier alpha value is -3.34. The fourth-order valence-electron chi connectivity index (χ4n) is 2.59. The van der Waals surface area contributed by atoms with Crippen LogP contribution >= 0.6 is 0 Å². The molecule has 5 heteroatoms. The van der Waals surface area contributed by atoms with Gasteiger partial charge in [0.1, 0.15) is 0 Å². The monoisotopic (exact) mass is 314 g/mol. The van der Waals surface area contributed by atoms with Crippen LogP contribution in [0.4, 0.5) is 5.69 Å². The topological polar surface area (TPSA) is 67.8 Å². The zero-order valence-corrected chi connectivity index (χ0v) is 13.0. The SMILES string of the molecule is Cc1cc(NC(=O)c2ccc3nc4ccccc4nc3c2)ccn1. The lowest BCUT2D eigenvalue weighted by atomic mass is 10.1. The molecule has 5 nitrogen and oxygen atoms in total. The first-order valence-corrected chi connectivity index (χ1v) is 7.60. The minimum Gasteiger partial charge on any atom is -0.322 e. The number of rotatable bonds is 2. The van der Waals surface area contributed by atoms with Gasteiger partial charge in [-0.15, -0.1) is 0 Å². The molecule has 4 rings (SSSR count). The number of amides is 1. The number of carbonyl (C=O) groups is 1. The zero-order chi connectivity index (χ0) is 16.5. The maximum Gasteiger partial charge on any atom is 0.255 e. The molecule has 0 aliphatic rings. The molecule has 0 saturated heterocycles. The van der Waals surface area contributed by atoms with Gasteiger partial charge in [-0.1, -0.05) is 12.1 Å². The number of benzene rings is 2. The van der Waals surface area contributed by atoms with Gasteiger partial charge in [0.25, 0.3) is 5.91 Å². The van der Waals surface area contributed by atoms with Crippen molar-refractivity contribution in [3.8, 4) is 0 Å². The molecule has 1 amide bonds. The van der Waals surface area contributed by atoms with Crippen molar-refractivity contribution in [2.45, 2.75) is 6.92 Å². The van der Waals surface area contributed by atoms with E-state index in [2.05, 4.69) is 20.3 Å². The van der Waals surface area contributed by atoms with Crippen LogP contribution in [0.2, 0.25) is 0 Å². The highest BCUT2D eigenvalue weighted by Crippen LogP contribution is 2.18. The van der Waals surface area contributed by atoms with Crippen LogP contribution in [0.25, 0.3) is 22.1 Å². The first-order chi connectivity index (χ1) is 11.7. The molecule has 0 radical (unpaired) electrons. The zero-order valence-electron chi connectivity index (χ0n) is 13.0. The van der Waals surface area contributed by atoms with Crippen molar-refractivity contribution in [1.82, 2.24) is 15.0 Å². The van der Waals surface area contributed by atoms with Crippen LogP contribution in [0.1, 0.15) is 16.1 Å². The van der Waals surface area contributed by atoms with Gasteiger partial charge in [0, 0.05) is 23.1 Å². The highest BCUT2D eigenvalue weighted by Gasteiger charge is 2.09. The molecular formula is C19H14N4O. The maximum absolute atomic E-state index is 12.5. The van der Waals surface area contributed by atoms with Crippen molar-refractivity contribution < 1.29 is 4.79 Å². The Kier molecular flexibility index (Phi) is 3.39. The minimum atomic E-state index is -0.183. The largest absolute Gasteiger partial charge is 0.322 e. The number of hydrogen-bond acceptors (Lipinski definition) is 4. The molecule has 0 unspecified atom stereocenters. The predicted octanol–water partition coefficient (Wildman–Crippen LogP) is 3.74.